The number of sulfonamides is 1. The maximum Gasteiger partial charge on any atom is 0.254 e. The molecule has 2 rings (SSSR count). The largest absolute Gasteiger partial charge is 0.350 e. The molecule has 1 aliphatic rings. The molecule has 1 fully saturated rings. The number of benzene rings is 1. The summed E-state index contributed by atoms with van der Waals surface area (Å²) in [5.41, 5.74) is 0.475. The van der Waals surface area contributed by atoms with Crippen LogP contribution in [0.4, 0.5) is 0 Å². The molecule has 1 aliphatic heterocycles. The van der Waals surface area contributed by atoms with Gasteiger partial charge in [-0.3, -0.25) is 9.59 Å². The molecule has 1 saturated heterocycles. The van der Waals surface area contributed by atoms with Crippen LogP contribution >= 0.6 is 0 Å². The van der Waals surface area contributed by atoms with Crippen molar-refractivity contribution >= 4 is 21.8 Å². The molecule has 0 aliphatic carbocycles. The first-order valence-electron chi connectivity index (χ1n) is 9.59. The SMILES string of the molecule is Cc1ccc(C(=O)N(C)CC(=O)NC(C)(C)C)cc1S(=O)(=O)N1CCCCC1. The number of rotatable bonds is 5. The number of hydrogen-bond donors (Lipinski definition) is 1. The fraction of sp³-hybridized carbons (Fsp3) is 0.600. The Kier molecular flexibility index (Phi) is 6.88. The predicted molar refractivity (Wildman–Crippen MR) is 109 cm³/mol. The smallest absolute Gasteiger partial charge is 0.254 e. The Morgan fingerprint density at radius 3 is 2.32 bits per heavy atom. The number of nitrogens with zero attached hydrogens (tertiary/aromatic N) is 2. The number of nitrogens with one attached hydrogen (secondary N) is 1. The van der Waals surface area contributed by atoms with Gasteiger partial charge < -0.3 is 10.2 Å². The van der Waals surface area contributed by atoms with E-state index in [0.29, 0.717) is 18.7 Å². The second kappa shape index (κ2) is 8.61. The van der Waals surface area contributed by atoms with Crippen LogP contribution in [0, 0.1) is 6.92 Å². The lowest BCUT2D eigenvalue weighted by atomic mass is 10.1. The van der Waals surface area contributed by atoms with Gasteiger partial charge in [0.1, 0.15) is 0 Å². The lowest BCUT2D eigenvalue weighted by molar-refractivity contribution is -0.122. The van der Waals surface area contributed by atoms with E-state index in [4.69, 9.17) is 0 Å². The Hall–Kier alpha value is -1.93. The number of likely N-dealkylation sites (N-methyl/N-ethyl adjacent to an activating group) is 1. The van der Waals surface area contributed by atoms with Gasteiger partial charge in [0.05, 0.1) is 11.4 Å². The highest BCUT2D eigenvalue weighted by Crippen LogP contribution is 2.24. The van der Waals surface area contributed by atoms with Crippen molar-refractivity contribution in [3.05, 3.63) is 29.3 Å². The molecule has 0 aromatic heterocycles. The number of aryl methyl sites for hydroxylation is 1. The highest BCUT2D eigenvalue weighted by Gasteiger charge is 2.28. The quantitative estimate of drug-likeness (QED) is 0.807. The topological polar surface area (TPSA) is 86.8 Å². The Bertz CT molecular complexity index is 837. The minimum atomic E-state index is -3.64. The number of hydrogen-bond acceptors (Lipinski definition) is 4. The van der Waals surface area contributed by atoms with Gasteiger partial charge in [-0.05, 0) is 58.2 Å². The zero-order valence-electron chi connectivity index (χ0n) is 17.4. The third kappa shape index (κ3) is 5.54. The standard InChI is InChI=1S/C20H31N3O4S/c1-15-9-10-16(19(25)22(5)14-18(24)21-20(2,3)4)13-17(15)28(26,27)23-11-7-6-8-12-23/h9-10,13H,6-8,11-12,14H2,1-5H3,(H,21,24). The van der Waals surface area contributed by atoms with Crippen LogP contribution in [0.25, 0.3) is 0 Å². The normalized spacial score (nSPS) is 15.9. The van der Waals surface area contributed by atoms with Crippen LogP contribution in [0.15, 0.2) is 23.1 Å². The second-order valence-corrected chi connectivity index (χ2v) is 10.3. The molecule has 0 saturated carbocycles. The molecule has 7 nitrogen and oxygen atoms in total. The van der Waals surface area contributed by atoms with E-state index in [1.165, 1.54) is 22.3 Å². The van der Waals surface area contributed by atoms with E-state index >= 15 is 0 Å². The molecule has 0 spiro atoms. The summed E-state index contributed by atoms with van der Waals surface area (Å²) in [5.74, 6) is -0.657. The monoisotopic (exact) mass is 409 g/mol. The molecule has 1 aromatic carbocycles. The van der Waals surface area contributed by atoms with E-state index in [2.05, 4.69) is 5.32 Å². The number of amides is 2. The summed E-state index contributed by atoms with van der Waals surface area (Å²) in [5, 5.41) is 2.81. The van der Waals surface area contributed by atoms with E-state index < -0.39 is 10.0 Å². The van der Waals surface area contributed by atoms with Crippen LogP contribution in [0.5, 0.6) is 0 Å². The third-order valence-corrected chi connectivity index (χ3v) is 6.65. The molecule has 0 atom stereocenters. The van der Waals surface area contributed by atoms with E-state index in [0.717, 1.165) is 19.3 Å². The number of carbonyl (C=O) groups is 2. The summed E-state index contributed by atoms with van der Waals surface area (Å²) in [6.45, 7) is 8.24. The summed E-state index contributed by atoms with van der Waals surface area (Å²) in [7, 11) is -2.11. The van der Waals surface area contributed by atoms with E-state index in [1.807, 2.05) is 20.8 Å². The average molecular weight is 410 g/mol. The molecular formula is C20H31N3O4S. The molecule has 2 amide bonds. The van der Waals surface area contributed by atoms with Gasteiger partial charge in [0, 0.05) is 31.2 Å². The van der Waals surface area contributed by atoms with Gasteiger partial charge in [-0.1, -0.05) is 12.5 Å². The van der Waals surface area contributed by atoms with Crippen molar-refractivity contribution in [2.45, 2.75) is 57.4 Å². The minimum absolute atomic E-state index is 0.0990. The van der Waals surface area contributed by atoms with Crippen molar-refractivity contribution in [1.82, 2.24) is 14.5 Å². The maximum absolute atomic E-state index is 13.0. The molecule has 0 bridgehead atoms. The van der Waals surface area contributed by atoms with Crippen molar-refractivity contribution in [1.29, 1.82) is 0 Å². The highest BCUT2D eigenvalue weighted by atomic mass is 32.2. The lowest BCUT2D eigenvalue weighted by Crippen LogP contribution is -2.46. The molecule has 28 heavy (non-hydrogen) atoms. The maximum atomic E-state index is 13.0. The van der Waals surface area contributed by atoms with Crippen LogP contribution in [0.2, 0.25) is 0 Å². The van der Waals surface area contributed by atoms with E-state index in [-0.39, 0.29) is 34.4 Å². The first-order chi connectivity index (χ1) is 12.9. The van der Waals surface area contributed by atoms with Crippen LogP contribution in [-0.4, -0.2) is 61.7 Å². The van der Waals surface area contributed by atoms with Crippen LogP contribution < -0.4 is 5.32 Å². The minimum Gasteiger partial charge on any atom is -0.350 e. The number of carbonyl (C=O) groups excluding carboxylic acids is 2. The summed E-state index contributed by atoms with van der Waals surface area (Å²) in [4.78, 5) is 26.3. The predicted octanol–water partition coefficient (Wildman–Crippen LogP) is 2.16. The molecular weight excluding hydrogens is 378 g/mol. The number of piperidine rings is 1. The van der Waals surface area contributed by atoms with Crippen LogP contribution in [0.1, 0.15) is 56.0 Å². The summed E-state index contributed by atoms with van der Waals surface area (Å²) in [6, 6.07) is 4.68. The Labute approximate surface area is 168 Å². The Balaban J connectivity index is 2.21. The van der Waals surface area contributed by atoms with Gasteiger partial charge in [0.25, 0.3) is 5.91 Å². The summed E-state index contributed by atoms with van der Waals surface area (Å²) >= 11 is 0. The molecule has 0 unspecified atom stereocenters. The van der Waals surface area contributed by atoms with Crippen molar-refractivity contribution in [3.63, 3.8) is 0 Å². The van der Waals surface area contributed by atoms with Gasteiger partial charge in [-0.15, -0.1) is 0 Å². The molecule has 1 aromatic rings. The van der Waals surface area contributed by atoms with Crippen LogP contribution in [-0.2, 0) is 14.8 Å². The average Bonchev–Trinajstić information content (AvgIpc) is 2.60. The van der Waals surface area contributed by atoms with Gasteiger partial charge in [0.2, 0.25) is 15.9 Å². The van der Waals surface area contributed by atoms with Crippen molar-refractivity contribution in [2.75, 3.05) is 26.7 Å². The van der Waals surface area contributed by atoms with Crippen molar-refractivity contribution in [3.8, 4) is 0 Å². The van der Waals surface area contributed by atoms with Gasteiger partial charge in [-0.2, -0.15) is 4.31 Å². The molecule has 1 N–H and O–H groups in total. The van der Waals surface area contributed by atoms with Gasteiger partial charge >= 0.3 is 0 Å². The van der Waals surface area contributed by atoms with Gasteiger partial charge in [-0.25, -0.2) is 8.42 Å². The second-order valence-electron chi connectivity index (χ2n) is 8.40. The van der Waals surface area contributed by atoms with Crippen LogP contribution in [0.3, 0.4) is 0 Å². The van der Waals surface area contributed by atoms with E-state index in [9.17, 15) is 18.0 Å². The van der Waals surface area contributed by atoms with Gasteiger partial charge in [0.15, 0.2) is 0 Å². The summed E-state index contributed by atoms with van der Waals surface area (Å²) in [6.07, 6.45) is 2.73. The Morgan fingerprint density at radius 2 is 1.75 bits per heavy atom. The first-order valence-corrected chi connectivity index (χ1v) is 11.0. The Morgan fingerprint density at radius 1 is 1.14 bits per heavy atom. The third-order valence-electron chi connectivity index (χ3n) is 4.61. The fourth-order valence-electron chi connectivity index (χ4n) is 3.22. The fourth-order valence-corrected chi connectivity index (χ4v) is 4.99. The first kappa shape index (κ1) is 22.4. The molecule has 1 heterocycles. The summed E-state index contributed by atoms with van der Waals surface area (Å²) < 4.78 is 27.5. The van der Waals surface area contributed by atoms with Crippen molar-refractivity contribution < 1.29 is 18.0 Å². The zero-order chi connectivity index (χ0) is 21.1. The zero-order valence-corrected chi connectivity index (χ0v) is 18.2. The highest BCUT2D eigenvalue weighted by molar-refractivity contribution is 7.89. The van der Waals surface area contributed by atoms with Crippen molar-refractivity contribution in [2.24, 2.45) is 0 Å². The molecule has 156 valence electrons. The molecule has 8 heteroatoms. The molecule has 0 radical (unpaired) electrons. The van der Waals surface area contributed by atoms with E-state index in [1.54, 1.807) is 19.1 Å². The lowest BCUT2D eigenvalue weighted by Gasteiger charge is -2.27.